The molecule has 3 rings (SSSR count). The molecule has 0 spiro atoms. The maximum atomic E-state index is 10.0. The molecule has 5 N–H and O–H groups in total. The maximum Gasteiger partial charge on any atom is 0.207 e. The predicted molar refractivity (Wildman–Crippen MR) is 67.8 cm³/mol. The van der Waals surface area contributed by atoms with Crippen LogP contribution in [0.2, 0.25) is 5.28 Å². The van der Waals surface area contributed by atoms with Crippen LogP contribution in [0.15, 0.2) is 6.33 Å². The van der Waals surface area contributed by atoms with Crippen molar-refractivity contribution in [2.75, 3.05) is 12.3 Å². The smallest absolute Gasteiger partial charge is 0.207 e. The molecular weight excluding hydrogens is 290 g/mol. The lowest BCUT2D eigenvalue weighted by Crippen LogP contribution is -2.33. The first-order chi connectivity index (χ1) is 9.54. The molecule has 3 heterocycles. The lowest BCUT2D eigenvalue weighted by atomic mass is 10.1. The standard InChI is InChI=1S/C10H12ClN5O4/c11-10-15-4-7(12)13-2-14-8(4)16(10)9-6(19)5(18)3(1-17)20-9/h2-3,5-6,9,17-19H,1H2,(H2,12,13,14)/t3-,5?,6+,9-/m1/s1. The van der Waals surface area contributed by atoms with Crippen LogP contribution in [0.4, 0.5) is 5.82 Å². The number of rotatable bonds is 2. The van der Waals surface area contributed by atoms with Gasteiger partial charge in [0, 0.05) is 0 Å². The van der Waals surface area contributed by atoms with Crippen LogP contribution in [-0.4, -0.2) is 59.8 Å². The zero-order valence-corrected chi connectivity index (χ0v) is 10.8. The molecule has 20 heavy (non-hydrogen) atoms. The molecule has 4 atom stereocenters. The SMILES string of the molecule is Nc1ncnc2c1nc(Cl)n2[C@@H]1O[C@H](CO)C(O)[C@@H]1O. The van der Waals surface area contributed by atoms with E-state index in [4.69, 9.17) is 27.2 Å². The second-order valence-corrected chi connectivity index (χ2v) is 4.75. The van der Waals surface area contributed by atoms with Crippen LogP contribution in [0.25, 0.3) is 11.2 Å². The number of aromatic nitrogens is 4. The highest BCUT2D eigenvalue weighted by atomic mass is 35.5. The third kappa shape index (κ3) is 1.83. The molecule has 0 radical (unpaired) electrons. The number of anilines is 1. The Morgan fingerprint density at radius 1 is 1.35 bits per heavy atom. The van der Waals surface area contributed by atoms with Gasteiger partial charge < -0.3 is 25.8 Å². The summed E-state index contributed by atoms with van der Waals surface area (Å²) in [6.45, 7) is -0.434. The van der Waals surface area contributed by atoms with Crippen molar-refractivity contribution in [3.63, 3.8) is 0 Å². The summed E-state index contributed by atoms with van der Waals surface area (Å²) in [4.78, 5) is 11.8. The van der Waals surface area contributed by atoms with Gasteiger partial charge in [0.05, 0.1) is 6.61 Å². The topological polar surface area (TPSA) is 140 Å². The van der Waals surface area contributed by atoms with Crippen LogP contribution in [0.5, 0.6) is 0 Å². The first-order valence-corrected chi connectivity index (χ1v) is 6.18. The van der Waals surface area contributed by atoms with Crippen LogP contribution in [-0.2, 0) is 4.74 Å². The van der Waals surface area contributed by atoms with Gasteiger partial charge in [-0.05, 0) is 11.6 Å². The number of halogens is 1. The van der Waals surface area contributed by atoms with Crippen molar-refractivity contribution in [3.05, 3.63) is 11.6 Å². The number of aliphatic hydroxyl groups excluding tert-OH is 3. The van der Waals surface area contributed by atoms with Crippen LogP contribution in [0.1, 0.15) is 6.23 Å². The Hall–Kier alpha value is -1.52. The molecule has 2 aromatic rings. The molecular formula is C10H12ClN5O4. The molecule has 0 aromatic carbocycles. The molecule has 2 aromatic heterocycles. The van der Waals surface area contributed by atoms with E-state index in [0.717, 1.165) is 0 Å². The fourth-order valence-corrected chi connectivity index (χ4v) is 2.48. The minimum absolute atomic E-state index is 0.0120. The largest absolute Gasteiger partial charge is 0.394 e. The molecule has 1 unspecified atom stereocenters. The second kappa shape index (κ2) is 4.79. The third-order valence-corrected chi connectivity index (χ3v) is 3.50. The minimum Gasteiger partial charge on any atom is -0.394 e. The number of aliphatic hydroxyl groups is 3. The van der Waals surface area contributed by atoms with E-state index in [2.05, 4.69) is 15.0 Å². The van der Waals surface area contributed by atoms with Crippen LogP contribution < -0.4 is 5.73 Å². The zero-order valence-electron chi connectivity index (χ0n) is 10.1. The van der Waals surface area contributed by atoms with Gasteiger partial charge in [-0.3, -0.25) is 4.57 Å². The Labute approximate surface area is 117 Å². The fourth-order valence-electron chi connectivity index (χ4n) is 2.22. The number of hydrogen-bond donors (Lipinski definition) is 4. The number of hydrogen-bond acceptors (Lipinski definition) is 8. The predicted octanol–water partition coefficient (Wildman–Crippen LogP) is -1.33. The molecule has 108 valence electrons. The van der Waals surface area contributed by atoms with Crippen molar-refractivity contribution in [2.24, 2.45) is 0 Å². The van der Waals surface area contributed by atoms with Crippen LogP contribution in [0, 0.1) is 0 Å². The van der Waals surface area contributed by atoms with Gasteiger partial charge in [-0.2, -0.15) is 0 Å². The van der Waals surface area contributed by atoms with Gasteiger partial charge in [0.15, 0.2) is 23.2 Å². The highest BCUT2D eigenvalue weighted by Crippen LogP contribution is 2.34. The van der Waals surface area contributed by atoms with Gasteiger partial charge in [-0.1, -0.05) is 0 Å². The Morgan fingerprint density at radius 3 is 2.75 bits per heavy atom. The number of ether oxygens (including phenoxy) is 1. The van der Waals surface area contributed by atoms with E-state index >= 15 is 0 Å². The summed E-state index contributed by atoms with van der Waals surface area (Å²) in [5.74, 6) is 0.141. The molecule has 1 saturated heterocycles. The fraction of sp³-hybridized carbons (Fsp3) is 0.500. The molecule has 10 heteroatoms. The third-order valence-electron chi connectivity index (χ3n) is 3.23. The Kier molecular flexibility index (Phi) is 3.22. The number of nitrogen functional groups attached to an aromatic ring is 1. The summed E-state index contributed by atoms with van der Waals surface area (Å²) in [6, 6.07) is 0. The first-order valence-electron chi connectivity index (χ1n) is 5.81. The van der Waals surface area contributed by atoms with E-state index in [1.807, 2.05) is 0 Å². The molecule has 9 nitrogen and oxygen atoms in total. The lowest BCUT2D eigenvalue weighted by Gasteiger charge is -2.17. The second-order valence-electron chi connectivity index (χ2n) is 4.41. The Bertz CT molecular complexity index is 650. The number of fused-ring (bicyclic) bond motifs is 1. The number of nitrogens with zero attached hydrogens (tertiary/aromatic N) is 4. The quantitative estimate of drug-likeness (QED) is 0.500. The number of imidazole rings is 1. The van der Waals surface area contributed by atoms with Gasteiger partial charge in [-0.15, -0.1) is 0 Å². The van der Waals surface area contributed by atoms with Crippen molar-refractivity contribution in [1.29, 1.82) is 0 Å². The van der Waals surface area contributed by atoms with Crippen LogP contribution in [0.3, 0.4) is 0 Å². The summed E-state index contributed by atoms with van der Waals surface area (Å²) in [5, 5.41) is 28.9. The molecule has 1 aliphatic rings. The van der Waals surface area contributed by atoms with E-state index in [9.17, 15) is 10.2 Å². The van der Waals surface area contributed by atoms with Gasteiger partial charge in [0.1, 0.15) is 24.6 Å². The van der Waals surface area contributed by atoms with Crippen molar-refractivity contribution in [2.45, 2.75) is 24.5 Å². The van der Waals surface area contributed by atoms with Crippen LogP contribution >= 0.6 is 11.6 Å². The number of nitrogens with two attached hydrogens (primary N) is 1. The van der Waals surface area contributed by atoms with E-state index in [1.54, 1.807) is 0 Å². The summed E-state index contributed by atoms with van der Waals surface area (Å²) in [6.07, 6.45) is -3.22. The molecule has 0 amide bonds. The molecule has 0 aliphatic carbocycles. The van der Waals surface area contributed by atoms with Crippen molar-refractivity contribution in [3.8, 4) is 0 Å². The summed E-state index contributed by atoms with van der Waals surface area (Å²) in [7, 11) is 0. The van der Waals surface area contributed by atoms with Gasteiger partial charge in [-0.25, -0.2) is 15.0 Å². The van der Waals surface area contributed by atoms with E-state index in [0.29, 0.717) is 0 Å². The van der Waals surface area contributed by atoms with E-state index < -0.39 is 31.1 Å². The minimum atomic E-state index is -1.28. The molecule has 0 bridgehead atoms. The molecule has 1 aliphatic heterocycles. The average molecular weight is 302 g/mol. The Balaban J connectivity index is 2.11. The van der Waals surface area contributed by atoms with Gasteiger partial charge in [0.25, 0.3) is 0 Å². The molecule has 0 saturated carbocycles. The average Bonchev–Trinajstić information content (AvgIpc) is 2.90. The van der Waals surface area contributed by atoms with E-state index in [1.165, 1.54) is 10.9 Å². The summed E-state index contributed by atoms with van der Waals surface area (Å²) >= 11 is 6.02. The van der Waals surface area contributed by atoms with Gasteiger partial charge >= 0.3 is 0 Å². The summed E-state index contributed by atoms with van der Waals surface area (Å²) < 4.78 is 6.70. The summed E-state index contributed by atoms with van der Waals surface area (Å²) in [5.41, 5.74) is 6.22. The maximum absolute atomic E-state index is 10.0. The first kappa shape index (κ1) is 13.5. The van der Waals surface area contributed by atoms with Crippen molar-refractivity contribution < 1.29 is 20.1 Å². The van der Waals surface area contributed by atoms with Gasteiger partial charge in [0.2, 0.25) is 5.28 Å². The Morgan fingerprint density at radius 2 is 2.10 bits per heavy atom. The molecule has 1 fully saturated rings. The van der Waals surface area contributed by atoms with E-state index in [-0.39, 0.29) is 22.3 Å². The van der Waals surface area contributed by atoms with Crippen molar-refractivity contribution in [1.82, 2.24) is 19.5 Å². The normalized spacial score (nSPS) is 30.2. The highest BCUT2D eigenvalue weighted by molar-refractivity contribution is 6.29. The highest BCUT2D eigenvalue weighted by Gasteiger charge is 2.44. The van der Waals surface area contributed by atoms with Crippen molar-refractivity contribution >= 4 is 28.6 Å². The lowest BCUT2D eigenvalue weighted by molar-refractivity contribution is -0.0509. The zero-order chi connectivity index (χ0) is 14.4. The monoisotopic (exact) mass is 301 g/mol.